The molecule has 42 valence electrons. The minimum Gasteiger partial charge on any atom is 0.00471 e. The fourth-order valence-electron chi connectivity index (χ4n) is 2.31. The summed E-state index contributed by atoms with van der Waals surface area (Å²) in [7, 11) is 13.9. The van der Waals surface area contributed by atoms with Crippen molar-refractivity contribution in [1.29, 1.82) is 0 Å². The lowest BCUT2D eigenvalue weighted by atomic mass is 8.58. The normalized spacial score (nSPS) is 8.40. The Labute approximate surface area is 72.4 Å². The summed E-state index contributed by atoms with van der Waals surface area (Å²) in [6.45, 7) is 0. The minimum atomic E-state index is 0.833. The Balaban J connectivity index is 3.98. The van der Waals surface area contributed by atoms with Crippen LogP contribution in [0.3, 0.4) is 0 Å². The maximum atomic E-state index is 2.32. The predicted molar refractivity (Wildman–Crippen MR) is 74.3 cm³/mol. The highest BCUT2D eigenvalue weighted by atomic mass is 13.1. The molecule has 0 rings (SSSR count). The van der Waals surface area contributed by atoms with Crippen molar-refractivity contribution in [1.82, 2.24) is 0 Å². The van der Waals surface area contributed by atoms with Gasteiger partial charge in [0.05, 0.1) is 46.4 Å². The van der Waals surface area contributed by atoms with Crippen molar-refractivity contribution in [2.45, 2.75) is 0 Å². The lowest BCUT2D eigenvalue weighted by Gasteiger charge is -2.21. The minimum absolute atomic E-state index is 0.833. The van der Waals surface area contributed by atoms with Gasteiger partial charge in [-0.3, -0.25) is 0 Å². The highest BCUT2D eigenvalue weighted by Gasteiger charge is 2.26. The van der Waals surface area contributed by atoms with E-state index in [0.717, 1.165) is 25.5 Å². The van der Waals surface area contributed by atoms with Gasteiger partial charge in [0, 0.05) is 25.5 Å². The van der Waals surface area contributed by atoms with Gasteiger partial charge >= 0.3 is 0 Å². The molecular formula is H12B10. The zero-order valence-electron chi connectivity index (χ0n) is 8.31. The molecule has 0 radical (unpaired) electrons. The van der Waals surface area contributed by atoms with Crippen LogP contribution in [0.2, 0.25) is 0 Å². The average Bonchev–Trinajstić information content (AvgIpc) is 1.59. The summed E-state index contributed by atoms with van der Waals surface area (Å²) in [6.07, 6.45) is 3.39. The molecule has 0 bridgehead atoms. The third-order valence-electron chi connectivity index (χ3n) is 2.31. The van der Waals surface area contributed by atoms with Crippen LogP contribution in [0.15, 0.2) is 0 Å². The lowest BCUT2D eigenvalue weighted by Crippen LogP contribution is -2.62. The van der Waals surface area contributed by atoms with Crippen LogP contribution in [0.25, 0.3) is 0 Å². The fraction of sp³-hybridized carbons (Fsp3) is 0. The number of hydrogen-bond acceptors (Lipinski definition) is 0. The Morgan fingerprint density at radius 1 is 0.500 bits per heavy atom. The molecule has 0 nitrogen and oxygen atoms in total. The van der Waals surface area contributed by atoms with Gasteiger partial charge in [0.1, 0.15) is 0 Å². The zero-order chi connectivity index (χ0) is 8.31. The van der Waals surface area contributed by atoms with Gasteiger partial charge in [-0.25, -0.2) is 0 Å². The molecule has 0 saturated heterocycles. The molecular weight excluding hydrogens is 108 g/mol. The second kappa shape index (κ2) is 4.51. The van der Waals surface area contributed by atoms with E-state index in [9.17, 15) is 0 Å². The quantitative estimate of drug-likeness (QED) is 0.325. The van der Waals surface area contributed by atoms with Crippen molar-refractivity contribution >= 4 is 72.0 Å². The van der Waals surface area contributed by atoms with E-state index in [1.54, 1.807) is 0 Å². The van der Waals surface area contributed by atoms with E-state index in [1.165, 1.54) is 0 Å². The molecule has 10 heteroatoms. The Kier molecular flexibility index (Phi) is 4.80. The van der Waals surface area contributed by atoms with E-state index in [2.05, 4.69) is 46.4 Å². The van der Waals surface area contributed by atoms with Crippen LogP contribution in [-0.4, -0.2) is 72.0 Å². The molecule has 0 aromatic carbocycles. The van der Waals surface area contributed by atoms with Crippen molar-refractivity contribution in [2.75, 3.05) is 0 Å². The van der Waals surface area contributed by atoms with E-state index in [-0.39, 0.29) is 0 Å². The van der Waals surface area contributed by atoms with E-state index >= 15 is 0 Å². The van der Waals surface area contributed by atoms with Crippen molar-refractivity contribution < 1.29 is 0 Å². The molecule has 0 aliphatic carbocycles. The summed E-state index contributed by atoms with van der Waals surface area (Å²) in [4.78, 5) is 0. The zero-order valence-corrected chi connectivity index (χ0v) is 8.31. The van der Waals surface area contributed by atoms with Crippen LogP contribution in [0.4, 0.5) is 0 Å². The summed E-state index contributed by atoms with van der Waals surface area (Å²) in [5.41, 5.74) is 0. The molecule has 0 unspecified atom stereocenters. The third-order valence-corrected chi connectivity index (χ3v) is 2.31. The van der Waals surface area contributed by atoms with Crippen LogP contribution in [0.1, 0.15) is 0 Å². The van der Waals surface area contributed by atoms with Gasteiger partial charge in [0.15, 0.2) is 0 Å². The molecule has 0 fully saturated rings. The molecule has 0 heterocycles. The van der Waals surface area contributed by atoms with Crippen LogP contribution >= 0.6 is 0 Å². The highest BCUT2D eigenvalue weighted by molar-refractivity contribution is 8.00. The molecule has 0 atom stereocenters. The van der Waals surface area contributed by atoms with Crippen LogP contribution in [0.5, 0.6) is 0 Å². The van der Waals surface area contributed by atoms with Gasteiger partial charge in [-0.15, -0.1) is 0 Å². The Hall–Kier alpha value is 0.649. The monoisotopic (exact) mass is 122 g/mol. The molecule has 0 aromatic rings. The first-order valence-electron chi connectivity index (χ1n) is 4.46. The predicted octanol–water partition coefficient (Wildman–Crippen LogP) is -7.02. The van der Waals surface area contributed by atoms with Gasteiger partial charge in [-0.05, 0) is 0 Å². The first-order chi connectivity index (χ1) is 4.46. The lowest BCUT2D eigenvalue weighted by molar-refractivity contribution is 3.52. The average molecular weight is 120 g/mol. The molecule has 0 aliphatic rings. The first kappa shape index (κ1) is 10.6. The summed E-state index contributed by atoms with van der Waals surface area (Å²) >= 11 is 0. The molecule has 0 spiro atoms. The second-order valence-corrected chi connectivity index (χ2v) is 4.31. The van der Waals surface area contributed by atoms with Crippen LogP contribution < -0.4 is 0 Å². The molecule has 0 saturated carbocycles. The van der Waals surface area contributed by atoms with Gasteiger partial charge in [-0.1, -0.05) is 0 Å². The van der Waals surface area contributed by atoms with E-state index < -0.39 is 0 Å². The number of hydrogen-bond donors (Lipinski definition) is 0. The van der Waals surface area contributed by atoms with E-state index in [1.807, 2.05) is 0 Å². The van der Waals surface area contributed by atoms with Gasteiger partial charge in [-0.2, -0.15) is 0 Å². The maximum Gasteiger partial charge on any atom is 0.0552 e. The van der Waals surface area contributed by atoms with Gasteiger partial charge in [0.2, 0.25) is 0 Å². The smallest absolute Gasteiger partial charge is 0.00471 e. The van der Waals surface area contributed by atoms with Crippen molar-refractivity contribution in [2.24, 2.45) is 0 Å². The Bertz CT molecular complexity index is 61.0. The first-order valence-corrected chi connectivity index (χ1v) is 4.46. The number of rotatable bonds is 3. The SMILES string of the molecule is BB(B)B(B(B)B)B(B)B. The molecule has 0 aliphatic heterocycles. The fourth-order valence-corrected chi connectivity index (χ4v) is 2.31. The van der Waals surface area contributed by atoms with E-state index in [0.29, 0.717) is 0 Å². The standard InChI is InChI=1S/B10H12/c1-7(2)10(8(3)4)9(5)6/h1-6H2. The Morgan fingerprint density at radius 3 is 0.700 bits per heavy atom. The highest BCUT2D eigenvalue weighted by Crippen LogP contribution is 1.86. The van der Waals surface area contributed by atoms with Crippen molar-refractivity contribution in [3.8, 4) is 0 Å². The summed E-state index contributed by atoms with van der Waals surface area (Å²) in [6, 6.07) is 0. The summed E-state index contributed by atoms with van der Waals surface area (Å²) in [5.74, 6) is 0. The molecule has 0 N–H and O–H groups in total. The Morgan fingerprint density at radius 2 is 0.700 bits per heavy atom. The van der Waals surface area contributed by atoms with Crippen molar-refractivity contribution in [3.05, 3.63) is 0 Å². The molecule has 0 amide bonds. The van der Waals surface area contributed by atoms with Crippen LogP contribution in [-0.2, 0) is 0 Å². The summed E-state index contributed by atoms with van der Waals surface area (Å²) in [5, 5.41) is 0. The molecule has 0 aromatic heterocycles. The maximum absolute atomic E-state index is 2.32. The van der Waals surface area contributed by atoms with Crippen LogP contribution in [0, 0.1) is 0 Å². The van der Waals surface area contributed by atoms with Gasteiger partial charge in [0.25, 0.3) is 0 Å². The topological polar surface area (TPSA) is 0 Å². The summed E-state index contributed by atoms with van der Waals surface area (Å²) < 4.78 is 0. The molecule has 10 heavy (non-hydrogen) atoms. The third kappa shape index (κ3) is 3.16. The van der Waals surface area contributed by atoms with Crippen molar-refractivity contribution in [3.63, 3.8) is 0 Å². The largest absolute Gasteiger partial charge is 0.0552 e. The second-order valence-electron chi connectivity index (χ2n) is 4.31. The van der Waals surface area contributed by atoms with E-state index in [4.69, 9.17) is 0 Å². The van der Waals surface area contributed by atoms with Gasteiger partial charge < -0.3 is 0 Å².